The quantitative estimate of drug-likeness (QED) is 0.796. The molecule has 1 aliphatic carbocycles. The van der Waals surface area contributed by atoms with Crippen molar-refractivity contribution >= 4 is 11.8 Å². The van der Waals surface area contributed by atoms with Crippen molar-refractivity contribution in [2.24, 2.45) is 5.41 Å². The first kappa shape index (κ1) is 14.5. The molecular weight excluding hydrogens is 240 g/mol. The molecule has 1 saturated heterocycles. The van der Waals surface area contributed by atoms with Gasteiger partial charge in [-0.15, -0.1) is 0 Å². The van der Waals surface area contributed by atoms with Crippen LogP contribution in [-0.4, -0.2) is 35.3 Å². The number of piperidine rings is 1. The fourth-order valence-corrected chi connectivity index (χ4v) is 3.42. The van der Waals surface area contributed by atoms with Gasteiger partial charge in [0.25, 0.3) is 0 Å². The Morgan fingerprint density at radius 1 is 1.11 bits per heavy atom. The van der Waals surface area contributed by atoms with E-state index in [0.717, 1.165) is 32.2 Å². The van der Waals surface area contributed by atoms with E-state index in [1.807, 2.05) is 13.8 Å². The molecule has 108 valence electrons. The second-order valence-corrected chi connectivity index (χ2v) is 6.74. The molecule has 4 nitrogen and oxygen atoms in total. The summed E-state index contributed by atoms with van der Waals surface area (Å²) < 4.78 is 0. The monoisotopic (exact) mass is 266 g/mol. The maximum Gasteiger partial charge on any atom is 0.229 e. The molecule has 2 aliphatic rings. The molecule has 1 N–H and O–H groups in total. The molecule has 0 spiro atoms. The number of rotatable bonds is 3. The highest BCUT2D eigenvalue weighted by atomic mass is 16.2. The van der Waals surface area contributed by atoms with Crippen LogP contribution in [0, 0.1) is 5.41 Å². The van der Waals surface area contributed by atoms with Crippen molar-refractivity contribution in [2.75, 3.05) is 6.54 Å². The number of hydrogen-bond acceptors (Lipinski definition) is 3. The van der Waals surface area contributed by atoms with Crippen LogP contribution >= 0.6 is 0 Å². The molecule has 4 heteroatoms. The highest BCUT2D eigenvalue weighted by Crippen LogP contribution is 2.35. The molecule has 0 aromatic rings. The van der Waals surface area contributed by atoms with Crippen molar-refractivity contribution in [2.45, 2.75) is 71.4 Å². The molecule has 0 aromatic heterocycles. The van der Waals surface area contributed by atoms with E-state index in [2.05, 4.69) is 12.2 Å². The lowest BCUT2D eigenvalue weighted by molar-refractivity contribution is -0.156. The Bertz CT molecular complexity index is 337. The number of likely N-dealkylation sites (tertiary alicyclic amines) is 1. The zero-order valence-electron chi connectivity index (χ0n) is 12.4. The van der Waals surface area contributed by atoms with Gasteiger partial charge in [-0.2, -0.15) is 0 Å². The fourth-order valence-electron chi connectivity index (χ4n) is 3.42. The summed E-state index contributed by atoms with van der Waals surface area (Å²) in [4.78, 5) is 26.0. The van der Waals surface area contributed by atoms with Crippen LogP contribution in [0.1, 0.15) is 59.3 Å². The number of amides is 2. The van der Waals surface area contributed by atoms with Gasteiger partial charge in [-0.05, 0) is 37.6 Å². The topological polar surface area (TPSA) is 49.4 Å². The van der Waals surface area contributed by atoms with Crippen molar-refractivity contribution in [1.82, 2.24) is 10.2 Å². The van der Waals surface area contributed by atoms with E-state index < -0.39 is 0 Å². The Balaban J connectivity index is 1.96. The summed E-state index contributed by atoms with van der Waals surface area (Å²) in [5, 5.41) is 3.46. The molecule has 1 heterocycles. The first-order chi connectivity index (χ1) is 8.93. The van der Waals surface area contributed by atoms with Crippen LogP contribution < -0.4 is 5.32 Å². The lowest BCUT2D eigenvalue weighted by atomic mass is 9.80. The minimum atomic E-state index is -0.161. The lowest BCUT2D eigenvalue weighted by Crippen LogP contribution is -2.53. The van der Waals surface area contributed by atoms with E-state index in [9.17, 15) is 9.59 Å². The molecule has 0 bridgehead atoms. The van der Waals surface area contributed by atoms with E-state index in [1.54, 1.807) is 4.90 Å². The summed E-state index contributed by atoms with van der Waals surface area (Å²) in [6, 6.07) is 0.707. The van der Waals surface area contributed by atoms with Gasteiger partial charge in [-0.25, -0.2) is 0 Å². The summed E-state index contributed by atoms with van der Waals surface area (Å²) in [6.45, 7) is 7.11. The third-order valence-electron chi connectivity index (χ3n) is 4.35. The minimum Gasteiger partial charge on any atom is -0.314 e. The second kappa shape index (κ2) is 5.61. The van der Waals surface area contributed by atoms with Crippen molar-refractivity contribution in [1.29, 1.82) is 0 Å². The molecule has 0 atom stereocenters. The van der Waals surface area contributed by atoms with E-state index in [-0.39, 0.29) is 23.3 Å². The first-order valence-corrected chi connectivity index (χ1v) is 7.51. The Morgan fingerprint density at radius 3 is 2.11 bits per heavy atom. The standard InChI is InChI=1S/C15H26N2O2/c1-4-16-11-5-7-12(8-6-11)17-13(18)9-15(2,3)10-14(17)19/h11-12,16H,4-10H2,1-3H3. The maximum atomic E-state index is 12.2. The summed E-state index contributed by atoms with van der Waals surface area (Å²) in [6.07, 6.45) is 5.06. The zero-order chi connectivity index (χ0) is 14.0. The molecule has 0 radical (unpaired) electrons. The van der Waals surface area contributed by atoms with Gasteiger partial charge in [0.05, 0.1) is 0 Å². The molecule has 2 fully saturated rings. The van der Waals surface area contributed by atoms with Gasteiger partial charge in [0.15, 0.2) is 0 Å². The number of imide groups is 1. The van der Waals surface area contributed by atoms with Crippen LogP contribution in [0.5, 0.6) is 0 Å². The van der Waals surface area contributed by atoms with Gasteiger partial charge < -0.3 is 5.32 Å². The summed E-state index contributed by atoms with van der Waals surface area (Å²) in [5.74, 6) is 0.0706. The molecule has 1 aliphatic heterocycles. The molecule has 1 saturated carbocycles. The van der Waals surface area contributed by atoms with E-state index in [1.165, 1.54) is 0 Å². The average molecular weight is 266 g/mol. The predicted octanol–water partition coefficient (Wildman–Crippen LogP) is 2.08. The highest BCUT2D eigenvalue weighted by molar-refractivity contribution is 5.98. The van der Waals surface area contributed by atoms with Crippen molar-refractivity contribution in [3.63, 3.8) is 0 Å². The molecule has 2 amide bonds. The maximum absolute atomic E-state index is 12.2. The van der Waals surface area contributed by atoms with E-state index in [4.69, 9.17) is 0 Å². The number of nitrogens with zero attached hydrogens (tertiary/aromatic N) is 1. The molecule has 19 heavy (non-hydrogen) atoms. The Morgan fingerprint density at radius 2 is 1.63 bits per heavy atom. The first-order valence-electron chi connectivity index (χ1n) is 7.51. The van der Waals surface area contributed by atoms with Crippen molar-refractivity contribution < 1.29 is 9.59 Å². The normalized spacial score (nSPS) is 31.6. The van der Waals surface area contributed by atoms with Crippen molar-refractivity contribution in [3.05, 3.63) is 0 Å². The Labute approximate surface area is 115 Å². The van der Waals surface area contributed by atoms with Crippen LogP contribution in [0.2, 0.25) is 0 Å². The largest absolute Gasteiger partial charge is 0.314 e. The summed E-state index contributed by atoms with van der Waals surface area (Å²) in [5.41, 5.74) is -0.161. The number of nitrogens with one attached hydrogen (secondary N) is 1. The smallest absolute Gasteiger partial charge is 0.229 e. The third kappa shape index (κ3) is 3.35. The van der Waals surface area contributed by atoms with Crippen LogP contribution in [-0.2, 0) is 9.59 Å². The second-order valence-electron chi connectivity index (χ2n) is 6.74. The summed E-state index contributed by atoms with van der Waals surface area (Å²) in [7, 11) is 0. The van der Waals surface area contributed by atoms with E-state index >= 15 is 0 Å². The molecule has 0 aromatic carbocycles. The zero-order valence-corrected chi connectivity index (χ0v) is 12.4. The molecule has 0 unspecified atom stereocenters. The van der Waals surface area contributed by atoms with Gasteiger partial charge in [0.1, 0.15) is 0 Å². The van der Waals surface area contributed by atoms with Gasteiger partial charge >= 0.3 is 0 Å². The van der Waals surface area contributed by atoms with E-state index in [0.29, 0.717) is 18.9 Å². The van der Waals surface area contributed by atoms with Crippen molar-refractivity contribution in [3.8, 4) is 0 Å². The Hall–Kier alpha value is -0.900. The van der Waals surface area contributed by atoms with Crippen LogP contribution in [0.15, 0.2) is 0 Å². The van der Waals surface area contributed by atoms with Gasteiger partial charge in [-0.3, -0.25) is 14.5 Å². The van der Waals surface area contributed by atoms with Gasteiger partial charge in [0, 0.05) is 24.9 Å². The SMILES string of the molecule is CCNC1CCC(N2C(=O)CC(C)(C)CC2=O)CC1. The van der Waals surface area contributed by atoms with Gasteiger partial charge in [0.2, 0.25) is 11.8 Å². The third-order valence-corrected chi connectivity index (χ3v) is 4.35. The fraction of sp³-hybridized carbons (Fsp3) is 0.867. The molecular formula is C15H26N2O2. The number of carbonyl (C=O) groups excluding carboxylic acids is 2. The predicted molar refractivity (Wildman–Crippen MR) is 74.6 cm³/mol. The number of carbonyl (C=O) groups is 2. The summed E-state index contributed by atoms with van der Waals surface area (Å²) >= 11 is 0. The Kier molecular flexibility index (Phi) is 4.29. The van der Waals surface area contributed by atoms with Crippen LogP contribution in [0.4, 0.5) is 0 Å². The minimum absolute atomic E-state index is 0.0353. The lowest BCUT2D eigenvalue weighted by Gasteiger charge is -2.41. The van der Waals surface area contributed by atoms with Crippen LogP contribution in [0.25, 0.3) is 0 Å². The van der Waals surface area contributed by atoms with Crippen LogP contribution in [0.3, 0.4) is 0 Å². The molecule has 2 rings (SSSR count). The average Bonchev–Trinajstić information content (AvgIpc) is 2.29. The number of hydrogen-bond donors (Lipinski definition) is 1. The highest BCUT2D eigenvalue weighted by Gasteiger charge is 2.41. The van der Waals surface area contributed by atoms with Gasteiger partial charge in [-0.1, -0.05) is 20.8 Å².